The summed E-state index contributed by atoms with van der Waals surface area (Å²) >= 11 is 0. The Balaban J connectivity index is 1.32. The third-order valence-corrected chi connectivity index (χ3v) is 5.14. The van der Waals surface area contributed by atoms with Crippen molar-refractivity contribution >= 4 is 0 Å². The van der Waals surface area contributed by atoms with Gasteiger partial charge in [0.2, 0.25) is 0 Å². The van der Waals surface area contributed by atoms with E-state index in [-0.39, 0.29) is 6.10 Å². The molecule has 1 saturated heterocycles. The number of hydrogen-bond donors (Lipinski definition) is 1. The van der Waals surface area contributed by atoms with Gasteiger partial charge in [-0.3, -0.25) is 4.90 Å². The highest BCUT2D eigenvalue weighted by Crippen LogP contribution is 2.30. The fourth-order valence-electron chi connectivity index (χ4n) is 3.62. The fourth-order valence-corrected chi connectivity index (χ4v) is 3.62. The number of para-hydroxylation sites is 1. The normalized spacial score (nSPS) is 17.3. The number of aliphatic hydroxyl groups is 1. The number of nitrogens with zero attached hydrogens (tertiary/aromatic N) is 4. The fraction of sp³-hybridized carbons (Fsp3) is 0.333. The van der Waals surface area contributed by atoms with Crippen LogP contribution in [0.15, 0.2) is 67.0 Å². The summed E-state index contributed by atoms with van der Waals surface area (Å²) in [5.41, 5.74) is 2.05. The molecule has 4 rings (SSSR count). The zero-order valence-corrected chi connectivity index (χ0v) is 14.8. The Hall–Kier alpha value is -2.50. The third kappa shape index (κ3) is 3.84. The smallest absolute Gasteiger partial charge is 0.164 e. The minimum absolute atomic E-state index is 0.323. The molecule has 1 aromatic heterocycles. The summed E-state index contributed by atoms with van der Waals surface area (Å²) in [5.74, 6) is 1.17. The van der Waals surface area contributed by atoms with E-state index in [1.165, 1.54) is 0 Å². The van der Waals surface area contributed by atoms with Crippen LogP contribution in [0.1, 0.15) is 30.3 Å². The maximum atomic E-state index is 10.6. The van der Waals surface area contributed by atoms with Crippen LogP contribution < -0.4 is 0 Å². The van der Waals surface area contributed by atoms with Gasteiger partial charge in [0.05, 0.1) is 18.3 Å². The van der Waals surface area contributed by atoms with E-state index in [4.69, 9.17) is 0 Å². The first kappa shape index (κ1) is 16.9. The number of likely N-dealkylation sites (tertiary alicyclic amines) is 1. The summed E-state index contributed by atoms with van der Waals surface area (Å²) in [5, 5.41) is 15.2. The van der Waals surface area contributed by atoms with Gasteiger partial charge in [0, 0.05) is 0 Å². The monoisotopic (exact) mass is 348 g/mol. The van der Waals surface area contributed by atoms with Crippen LogP contribution in [0.4, 0.5) is 0 Å². The minimum atomic E-state index is -0.367. The molecule has 3 aromatic rings. The quantitative estimate of drug-likeness (QED) is 0.769. The number of aliphatic hydroxyl groups excluding tert-OH is 1. The molecular weight excluding hydrogens is 324 g/mol. The van der Waals surface area contributed by atoms with Gasteiger partial charge in [-0.15, -0.1) is 5.10 Å². The second-order valence-electron chi connectivity index (χ2n) is 6.91. The van der Waals surface area contributed by atoms with Gasteiger partial charge in [-0.2, -0.15) is 0 Å². The van der Waals surface area contributed by atoms with Crippen molar-refractivity contribution in [2.75, 3.05) is 13.1 Å². The molecule has 26 heavy (non-hydrogen) atoms. The Morgan fingerprint density at radius 1 is 0.962 bits per heavy atom. The summed E-state index contributed by atoms with van der Waals surface area (Å²) < 4.78 is 1.82. The highest BCUT2D eigenvalue weighted by molar-refractivity contribution is 5.29. The zero-order chi connectivity index (χ0) is 17.8. The van der Waals surface area contributed by atoms with Crippen molar-refractivity contribution in [1.29, 1.82) is 0 Å². The van der Waals surface area contributed by atoms with E-state index < -0.39 is 0 Å². The third-order valence-electron chi connectivity index (χ3n) is 5.14. The molecule has 0 bridgehead atoms. The van der Waals surface area contributed by atoms with Gasteiger partial charge in [0.15, 0.2) is 5.82 Å². The van der Waals surface area contributed by atoms with Crippen molar-refractivity contribution < 1.29 is 5.11 Å². The molecule has 2 aromatic carbocycles. The average molecular weight is 348 g/mol. The lowest BCUT2D eigenvalue weighted by atomic mass is 9.87. The Labute approximate surface area is 153 Å². The second kappa shape index (κ2) is 7.81. The summed E-state index contributed by atoms with van der Waals surface area (Å²) in [6.07, 6.45) is 3.40. The number of benzene rings is 2. The van der Waals surface area contributed by atoms with Crippen LogP contribution in [0.2, 0.25) is 0 Å². The topological polar surface area (TPSA) is 54.2 Å². The predicted molar refractivity (Wildman–Crippen MR) is 101 cm³/mol. The van der Waals surface area contributed by atoms with Crippen LogP contribution in [0.5, 0.6) is 0 Å². The van der Waals surface area contributed by atoms with Gasteiger partial charge >= 0.3 is 0 Å². The molecule has 5 heteroatoms. The van der Waals surface area contributed by atoms with Gasteiger partial charge in [-0.25, -0.2) is 9.67 Å². The van der Waals surface area contributed by atoms with E-state index in [1.807, 2.05) is 65.3 Å². The zero-order valence-electron chi connectivity index (χ0n) is 14.8. The number of aromatic nitrogens is 3. The molecule has 2 heterocycles. The van der Waals surface area contributed by atoms with Crippen molar-refractivity contribution in [3.63, 3.8) is 0 Å². The largest absolute Gasteiger partial charge is 0.388 e. The molecular formula is C21H24N4O. The molecule has 1 atom stereocenters. The first-order valence-corrected chi connectivity index (χ1v) is 9.21. The predicted octanol–water partition coefficient (Wildman–Crippen LogP) is 3.21. The molecule has 1 aliphatic rings. The van der Waals surface area contributed by atoms with E-state index in [2.05, 4.69) is 15.0 Å². The van der Waals surface area contributed by atoms with E-state index in [0.29, 0.717) is 5.92 Å². The van der Waals surface area contributed by atoms with Crippen molar-refractivity contribution in [3.05, 3.63) is 78.4 Å². The average Bonchev–Trinajstić information content (AvgIpc) is 3.18. The van der Waals surface area contributed by atoms with Crippen LogP contribution in [0.3, 0.4) is 0 Å². The van der Waals surface area contributed by atoms with Crippen LogP contribution in [0.25, 0.3) is 5.69 Å². The SMILES string of the molecule is O[C@@H](c1ccccc1)C1CCN(Cc2ncn(-c3ccccc3)n2)CC1. The Bertz CT molecular complexity index is 810. The molecule has 0 spiro atoms. The maximum absolute atomic E-state index is 10.6. The lowest BCUT2D eigenvalue weighted by Crippen LogP contribution is -2.35. The lowest BCUT2D eigenvalue weighted by molar-refractivity contribution is 0.0561. The van der Waals surface area contributed by atoms with Gasteiger partial charge in [0.1, 0.15) is 6.33 Å². The molecule has 134 valence electrons. The van der Waals surface area contributed by atoms with Crippen LogP contribution in [-0.2, 0) is 6.54 Å². The highest BCUT2D eigenvalue weighted by Gasteiger charge is 2.26. The van der Waals surface area contributed by atoms with Crippen molar-refractivity contribution in [2.45, 2.75) is 25.5 Å². The van der Waals surface area contributed by atoms with Crippen LogP contribution in [-0.4, -0.2) is 37.9 Å². The Kier molecular flexibility index (Phi) is 5.09. The van der Waals surface area contributed by atoms with Crippen molar-refractivity contribution in [2.24, 2.45) is 5.92 Å². The molecule has 1 N–H and O–H groups in total. The van der Waals surface area contributed by atoms with Crippen molar-refractivity contribution in [1.82, 2.24) is 19.7 Å². The summed E-state index contributed by atoms with van der Waals surface area (Å²) in [6.45, 7) is 2.69. The maximum Gasteiger partial charge on any atom is 0.164 e. The van der Waals surface area contributed by atoms with E-state index >= 15 is 0 Å². The molecule has 0 radical (unpaired) electrons. The standard InChI is InChI=1S/C21H24N4O/c26-21(17-7-3-1-4-8-17)18-11-13-24(14-12-18)15-20-22-16-25(23-20)19-9-5-2-6-10-19/h1-10,16,18,21,26H,11-15H2/t21-/m0/s1. The van der Waals surface area contributed by atoms with E-state index in [0.717, 1.165) is 49.6 Å². The number of piperidine rings is 1. The van der Waals surface area contributed by atoms with Gasteiger partial charge < -0.3 is 5.11 Å². The molecule has 1 aliphatic heterocycles. The lowest BCUT2D eigenvalue weighted by Gasteiger charge is -2.33. The number of hydrogen-bond acceptors (Lipinski definition) is 4. The molecule has 1 fully saturated rings. The molecule has 0 saturated carbocycles. The number of rotatable bonds is 5. The summed E-state index contributed by atoms with van der Waals surface area (Å²) in [7, 11) is 0. The Morgan fingerprint density at radius 3 is 2.31 bits per heavy atom. The van der Waals surface area contributed by atoms with Crippen molar-refractivity contribution in [3.8, 4) is 5.69 Å². The molecule has 5 nitrogen and oxygen atoms in total. The second-order valence-corrected chi connectivity index (χ2v) is 6.91. The van der Waals surface area contributed by atoms with Gasteiger partial charge in [-0.1, -0.05) is 48.5 Å². The molecule has 0 unspecified atom stereocenters. The minimum Gasteiger partial charge on any atom is -0.388 e. The Morgan fingerprint density at radius 2 is 1.62 bits per heavy atom. The highest BCUT2D eigenvalue weighted by atomic mass is 16.3. The first-order valence-electron chi connectivity index (χ1n) is 9.21. The van der Waals surface area contributed by atoms with Gasteiger partial charge in [-0.05, 0) is 49.5 Å². The van der Waals surface area contributed by atoms with E-state index in [1.54, 1.807) is 6.33 Å². The van der Waals surface area contributed by atoms with Crippen LogP contribution >= 0.6 is 0 Å². The molecule has 0 amide bonds. The summed E-state index contributed by atoms with van der Waals surface area (Å²) in [6, 6.07) is 20.0. The van der Waals surface area contributed by atoms with Gasteiger partial charge in [0.25, 0.3) is 0 Å². The summed E-state index contributed by atoms with van der Waals surface area (Å²) in [4.78, 5) is 6.82. The molecule has 0 aliphatic carbocycles. The van der Waals surface area contributed by atoms with Crippen LogP contribution in [0, 0.1) is 5.92 Å². The van der Waals surface area contributed by atoms with E-state index in [9.17, 15) is 5.11 Å². The first-order chi connectivity index (χ1) is 12.8.